The molecule has 1 atom stereocenters. The fourth-order valence-electron chi connectivity index (χ4n) is 3.76. The Morgan fingerprint density at radius 2 is 1.70 bits per heavy atom. The van der Waals surface area contributed by atoms with E-state index >= 15 is 0 Å². The summed E-state index contributed by atoms with van der Waals surface area (Å²) in [5.74, 6) is 2.16. The molecule has 1 saturated heterocycles. The third-order valence-corrected chi connectivity index (χ3v) is 5.32. The molecule has 27 heavy (non-hydrogen) atoms. The van der Waals surface area contributed by atoms with Crippen LogP contribution in [0.25, 0.3) is 0 Å². The highest BCUT2D eigenvalue weighted by Crippen LogP contribution is 2.30. The Bertz CT molecular complexity index is 757. The highest BCUT2D eigenvalue weighted by Gasteiger charge is 2.25. The summed E-state index contributed by atoms with van der Waals surface area (Å²) >= 11 is 0. The van der Waals surface area contributed by atoms with Crippen LogP contribution < -0.4 is 14.8 Å². The number of amides is 2. The molecule has 5 nitrogen and oxygen atoms in total. The maximum absolute atomic E-state index is 12.5. The van der Waals surface area contributed by atoms with Crippen LogP contribution in [0.4, 0.5) is 4.79 Å². The van der Waals surface area contributed by atoms with Gasteiger partial charge in [-0.15, -0.1) is 0 Å². The molecule has 0 saturated carbocycles. The molecule has 0 aliphatic carbocycles. The molecule has 2 heterocycles. The molecule has 0 spiro atoms. The van der Waals surface area contributed by atoms with Crippen LogP contribution in [-0.2, 0) is 6.42 Å². The number of nitrogens with zero attached hydrogens (tertiary/aromatic N) is 1. The van der Waals surface area contributed by atoms with Crippen LogP contribution >= 0.6 is 0 Å². The quantitative estimate of drug-likeness (QED) is 0.901. The molecule has 142 valence electrons. The second-order valence-corrected chi connectivity index (χ2v) is 7.30. The molecule has 0 aromatic heterocycles. The lowest BCUT2D eigenvalue weighted by Crippen LogP contribution is -2.48. The van der Waals surface area contributed by atoms with Gasteiger partial charge in [0.05, 0.1) is 6.54 Å². The lowest BCUT2D eigenvalue weighted by Gasteiger charge is -2.33. The van der Waals surface area contributed by atoms with E-state index in [2.05, 4.69) is 35.6 Å². The maximum atomic E-state index is 12.5. The minimum absolute atomic E-state index is 0.00406. The Morgan fingerprint density at radius 1 is 1.00 bits per heavy atom. The second kappa shape index (κ2) is 8.33. The first-order valence-electron chi connectivity index (χ1n) is 9.73. The van der Waals surface area contributed by atoms with Gasteiger partial charge in [-0.25, -0.2) is 4.79 Å². The van der Waals surface area contributed by atoms with E-state index < -0.39 is 0 Å². The molecule has 2 aromatic carbocycles. The van der Waals surface area contributed by atoms with E-state index in [1.807, 2.05) is 29.2 Å². The number of carbonyl (C=O) groups excluding carboxylic acids is 1. The average Bonchev–Trinajstić information content (AvgIpc) is 2.73. The zero-order valence-electron chi connectivity index (χ0n) is 15.5. The zero-order chi connectivity index (χ0) is 18.5. The molecule has 5 heteroatoms. The molecule has 0 bridgehead atoms. The fraction of sp³-hybridized carbons (Fsp3) is 0.409. The van der Waals surface area contributed by atoms with E-state index in [0.717, 1.165) is 43.9 Å². The Morgan fingerprint density at radius 3 is 2.48 bits per heavy atom. The van der Waals surface area contributed by atoms with Gasteiger partial charge in [0, 0.05) is 13.1 Å². The Kier molecular flexibility index (Phi) is 5.47. The van der Waals surface area contributed by atoms with Gasteiger partial charge in [-0.2, -0.15) is 0 Å². The minimum atomic E-state index is -0.153. The van der Waals surface area contributed by atoms with Gasteiger partial charge in [0.1, 0.15) is 6.61 Å². The lowest BCUT2D eigenvalue weighted by molar-refractivity contribution is 0.0891. The van der Waals surface area contributed by atoms with E-state index in [1.165, 1.54) is 5.56 Å². The Hall–Kier alpha value is -2.69. The fourth-order valence-corrected chi connectivity index (χ4v) is 3.76. The summed E-state index contributed by atoms with van der Waals surface area (Å²) in [6.45, 7) is 2.54. The summed E-state index contributed by atoms with van der Waals surface area (Å²) in [5.41, 5.74) is 1.38. The number of likely N-dealkylation sites (tertiary alicyclic amines) is 1. The molecular weight excluding hydrogens is 340 g/mol. The van der Waals surface area contributed by atoms with Crippen LogP contribution in [0, 0.1) is 5.92 Å². The Balaban J connectivity index is 1.20. The van der Waals surface area contributed by atoms with Crippen molar-refractivity contribution >= 4 is 6.03 Å². The summed E-state index contributed by atoms with van der Waals surface area (Å²) in [6, 6.07) is 18.2. The molecule has 2 aliphatic rings. The monoisotopic (exact) mass is 366 g/mol. The van der Waals surface area contributed by atoms with Gasteiger partial charge in [-0.1, -0.05) is 42.5 Å². The number of ether oxygens (including phenoxy) is 2. The van der Waals surface area contributed by atoms with Crippen molar-refractivity contribution in [2.75, 3.05) is 26.2 Å². The van der Waals surface area contributed by atoms with Gasteiger partial charge in [0.2, 0.25) is 0 Å². The first-order chi connectivity index (χ1) is 13.3. The van der Waals surface area contributed by atoms with Crippen LogP contribution in [0.2, 0.25) is 0 Å². The van der Waals surface area contributed by atoms with Crippen molar-refractivity contribution in [2.45, 2.75) is 25.4 Å². The van der Waals surface area contributed by atoms with Crippen molar-refractivity contribution in [2.24, 2.45) is 5.92 Å². The average molecular weight is 366 g/mol. The molecule has 1 N–H and O–H groups in total. The molecule has 2 amide bonds. The first kappa shape index (κ1) is 17.7. The van der Waals surface area contributed by atoms with Crippen molar-refractivity contribution in [3.63, 3.8) is 0 Å². The summed E-state index contributed by atoms with van der Waals surface area (Å²) in [6.07, 6.45) is 3.06. The van der Waals surface area contributed by atoms with E-state index in [4.69, 9.17) is 9.47 Å². The summed E-state index contributed by atoms with van der Waals surface area (Å²) < 4.78 is 11.6. The molecule has 0 unspecified atom stereocenters. The minimum Gasteiger partial charge on any atom is -0.486 e. The molecule has 2 aromatic rings. The number of fused-ring (bicyclic) bond motifs is 1. The van der Waals surface area contributed by atoms with Crippen molar-refractivity contribution in [3.05, 3.63) is 60.2 Å². The predicted molar refractivity (Wildman–Crippen MR) is 104 cm³/mol. The van der Waals surface area contributed by atoms with E-state index in [0.29, 0.717) is 19.1 Å². The largest absolute Gasteiger partial charge is 0.486 e. The van der Waals surface area contributed by atoms with Crippen molar-refractivity contribution in [1.82, 2.24) is 10.2 Å². The number of para-hydroxylation sites is 2. The van der Waals surface area contributed by atoms with Crippen LogP contribution in [0.1, 0.15) is 18.4 Å². The van der Waals surface area contributed by atoms with Crippen LogP contribution in [0.5, 0.6) is 11.5 Å². The summed E-state index contributed by atoms with van der Waals surface area (Å²) in [4.78, 5) is 14.4. The van der Waals surface area contributed by atoms with Crippen LogP contribution in [0.3, 0.4) is 0 Å². The normalized spacial score (nSPS) is 19.6. The number of benzene rings is 2. The number of carbonyl (C=O) groups is 1. The van der Waals surface area contributed by atoms with Gasteiger partial charge >= 0.3 is 6.03 Å². The number of urea groups is 1. The van der Waals surface area contributed by atoms with Gasteiger partial charge in [0.15, 0.2) is 17.6 Å². The third-order valence-electron chi connectivity index (χ3n) is 5.32. The van der Waals surface area contributed by atoms with Gasteiger partial charge < -0.3 is 19.7 Å². The number of rotatable bonds is 4. The summed E-state index contributed by atoms with van der Waals surface area (Å²) in [7, 11) is 0. The second-order valence-electron chi connectivity index (χ2n) is 7.30. The molecule has 1 fully saturated rings. The van der Waals surface area contributed by atoms with Crippen molar-refractivity contribution in [3.8, 4) is 11.5 Å². The van der Waals surface area contributed by atoms with Gasteiger partial charge in [-0.3, -0.25) is 0 Å². The smallest absolute Gasteiger partial charge is 0.317 e. The standard InChI is InChI=1S/C22H26N2O3/c25-22(23-15-19-16-26-20-8-4-5-9-21(20)27-19)24-12-10-18(11-13-24)14-17-6-2-1-3-7-17/h1-9,18-19H,10-16H2,(H,23,25)/t19-/m0/s1. The van der Waals surface area contributed by atoms with E-state index in [9.17, 15) is 4.79 Å². The predicted octanol–water partition coefficient (Wildman–Crippen LogP) is 3.49. The van der Waals surface area contributed by atoms with Gasteiger partial charge in [-0.05, 0) is 42.9 Å². The number of piperidine rings is 1. The number of hydrogen-bond acceptors (Lipinski definition) is 3. The van der Waals surface area contributed by atoms with E-state index in [1.54, 1.807) is 0 Å². The highest BCUT2D eigenvalue weighted by molar-refractivity contribution is 5.74. The zero-order valence-corrected chi connectivity index (χ0v) is 15.5. The van der Waals surface area contributed by atoms with E-state index in [-0.39, 0.29) is 12.1 Å². The van der Waals surface area contributed by atoms with Crippen molar-refractivity contribution < 1.29 is 14.3 Å². The third kappa shape index (κ3) is 4.54. The first-order valence-corrected chi connectivity index (χ1v) is 9.73. The molecule has 0 radical (unpaired) electrons. The summed E-state index contributed by atoms with van der Waals surface area (Å²) in [5, 5.41) is 3.00. The SMILES string of the molecule is O=C(NC[C@H]1COc2ccccc2O1)N1CCC(Cc2ccccc2)CC1. The maximum Gasteiger partial charge on any atom is 0.317 e. The highest BCUT2D eigenvalue weighted by atomic mass is 16.6. The van der Waals surface area contributed by atoms with Gasteiger partial charge in [0.25, 0.3) is 0 Å². The molecular formula is C22H26N2O3. The number of nitrogens with one attached hydrogen (secondary N) is 1. The van der Waals surface area contributed by atoms with Crippen LogP contribution in [-0.4, -0.2) is 43.3 Å². The lowest BCUT2D eigenvalue weighted by atomic mass is 9.90. The molecule has 2 aliphatic heterocycles. The Labute approximate surface area is 160 Å². The number of hydrogen-bond donors (Lipinski definition) is 1. The topological polar surface area (TPSA) is 50.8 Å². The van der Waals surface area contributed by atoms with Crippen molar-refractivity contribution in [1.29, 1.82) is 0 Å². The molecule has 4 rings (SSSR count). The van der Waals surface area contributed by atoms with Crippen LogP contribution in [0.15, 0.2) is 54.6 Å².